The van der Waals surface area contributed by atoms with Crippen molar-refractivity contribution in [2.24, 2.45) is 10.4 Å². The van der Waals surface area contributed by atoms with Crippen LogP contribution in [0.15, 0.2) is 35.3 Å². The summed E-state index contributed by atoms with van der Waals surface area (Å²) in [5, 5.41) is 5.33. The topological polar surface area (TPSA) is 70.6 Å². The molecule has 0 aromatic heterocycles. The number of rotatable bonds is 3. The molecule has 1 fully saturated rings. The normalized spacial score (nSPS) is 17.7. The van der Waals surface area contributed by atoms with E-state index in [9.17, 15) is 9.59 Å². The monoisotopic (exact) mass is 259 g/mol. The summed E-state index contributed by atoms with van der Waals surface area (Å²) in [6.07, 6.45) is 0.944. The first-order valence-corrected chi connectivity index (χ1v) is 6.39. The lowest BCUT2D eigenvalue weighted by Crippen LogP contribution is -2.62. The van der Waals surface area contributed by atoms with Gasteiger partial charge in [-0.1, -0.05) is 32.0 Å². The summed E-state index contributed by atoms with van der Waals surface area (Å²) < 4.78 is 0. The number of guanidine groups is 1. The molecule has 1 aromatic carbocycles. The van der Waals surface area contributed by atoms with Crippen LogP contribution < -0.4 is 10.6 Å². The van der Waals surface area contributed by atoms with Gasteiger partial charge in [0, 0.05) is 0 Å². The molecule has 2 rings (SSSR count). The van der Waals surface area contributed by atoms with Crippen molar-refractivity contribution >= 4 is 23.5 Å². The summed E-state index contributed by atoms with van der Waals surface area (Å²) in [6, 6.07) is 9.16. The summed E-state index contributed by atoms with van der Waals surface area (Å²) in [4.78, 5) is 28.5. The minimum atomic E-state index is -0.976. The van der Waals surface area contributed by atoms with Gasteiger partial charge in [-0.2, -0.15) is 0 Å². The van der Waals surface area contributed by atoms with Gasteiger partial charge in [-0.25, -0.2) is 4.99 Å². The average Bonchev–Trinajstić information content (AvgIpc) is 2.41. The van der Waals surface area contributed by atoms with Crippen LogP contribution in [0.3, 0.4) is 0 Å². The Labute approximate surface area is 112 Å². The summed E-state index contributed by atoms with van der Waals surface area (Å²) in [5.74, 6) is -0.370. The molecule has 0 saturated carbocycles. The van der Waals surface area contributed by atoms with Gasteiger partial charge in [0.1, 0.15) is 5.41 Å². The minimum absolute atomic E-state index is 0.193. The molecule has 5 heteroatoms. The summed E-state index contributed by atoms with van der Waals surface area (Å²) in [6.45, 7) is 3.67. The predicted octanol–water partition coefficient (Wildman–Crippen LogP) is 1.73. The fourth-order valence-electron chi connectivity index (χ4n) is 2.17. The van der Waals surface area contributed by atoms with Crippen LogP contribution in [0.2, 0.25) is 0 Å². The lowest BCUT2D eigenvalue weighted by Gasteiger charge is -2.33. The Morgan fingerprint density at radius 3 is 2.00 bits per heavy atom. The van der Waals surface area contributed by atoms with E-state index < -0.39 is 5.41 Å². The standard InChI is InChI=1S/C14H17N3O2/c1-3-14(4-2)11(18)16-13(17-12(14)19)15-10-8-6-5-7-9-10/h5-9H,3-4H2,1-2H3,(H2,15,16,17,18,19). The number of nitrogens with zero attached hydrogens (tertiary/aromatic N) is 1. The third-order valence-corrected chi connectivity index (χ3v) is 3.54. The summed E-state index contributed by atoms with van der Waals surface area (Å²) in [5.41, 5.74) is -0.297. The Kier molecular flexibility index (Phi) is 3.64. The molecule has 0 radical (unpaired) electrons. The molecule has 1 saturated heterocycles. The highest BCUT2D eigenvalue weighted by Crippen LogP contribution is 2.29. The zero-order valence-electron chi connectivity index (χ0n) is 11.1. The zero-order valence-corrected chi connectivity index (χ0v) is 11.1. The summed E-state index contributed by atoms with van der Waals surface area (Å²) in [7, 11) is 0. The van der Waals surface area contributed by atoms with Crippen LogP contribution in [-0.2, 0) is 9.59 Å². The minimum Gasteiger partial charge on any atom is -0.295 e. The van der Waals surface area contributed by atoms with Gasteiger partial charge in [-0.05, 0) is 25.0 Å². The van der Waals surface area contributed by atoms with Crippen molar-refractivity contribution in [3.05, 3.63) is 30.3 Å². The van der Waals surface area contributed by atoms with E-state index in [0.29, 0.717) is 18.5 Å². The first kappa shape index (κ1) is 13.3. The third kappa shape index (κ3) is 2.36. The van der Waals surface area contributed by atoms with Crippen molar-refractivity contribution in [3.63, 3.8) is 0 Å². The Hall–Kier alpha value is -2.17. The number of amides is 2. The van der Waals surface area contributed by atoms with Crippen molar-refractivity contribution in [2.75, 3.05) is 0 Å². The van der Waals surface area contributed by atoms with Crippen LogP contribution in [0.4, 0.5) is 5.69 Å². The maximum Gasteiger partial charge on any atom is 0.242 e. The molecule has 0 unspecified atom stereocenters. The van der Waals surface area contributed by atoms with Gasteiger partial charge in [0.15, 0.2) is 0 Å². The van der Waals surface area contributed by atoms with Crippen LogP contribution in [0, 0.1) is 5.41 Å². The number of aliphatic imine (C=N–C) groups is 1. The lowest BCUT2D eigenvalue weighted by molar-refractivity contribution is -0.144. The van der Waals surface area contributed by atoms with Gasteiger partial charge < -0.3 is 0 Å². The first-order chi connectivity index (χ1) is 9.12. The van der Waals surface area contributed by atoms with Crippen LogP contribution in [0.1, 0.15) is 26.7 Å². The number of benzene rings is 1. The molecule has 1 aliphatic heterocycles. The molecule has 100 valence electrons. The number of hydrogen-bond donors (Lipinski definition) is 2. The lowest BCUT2D eigenvalue weighted by atomic mass is 9.79. The second-order valence-electron chi connectivity index (χ2n) is 4.49. The van der Waals surface area contributed by atoms with Crippen LogP contribution >= 0.6 is 0 Å². The zero-order chi connectivity index (χ0) is 13.9. The van der Waals surface area contributed by atoms with Gasteiger partial charge in [-0.15, -0.1) is 0 Å². The molecule has 2 N–H and O–H groups in total. The smallest absolute Gasteiger partial charge is 0.242 e. The largest absolute Gasteiger partial charge is 0.295 e. The number of carbonyl (C=O) groups is 2. The van der Waals surface area contributed by atoms with E-state index in [0.717, 1.165) is 0 Å². The van der Waals surface area contributed by atoms with Gasteiger partial charge in [-0.3, -0.25) is 20.2 Å². The van der Waals surface area contributed by atoms with E-state index in [-0.39, 0.29) is 17.8 Å². The van der Waals surface area contributed by atoms with Crippen LogP contribution in [0.25, 0.3) is 0 Å². The first-order valence-electron chi connectivity index (χ1n) is 6.39. The molecule has 1 heterocycles. The van der Waals surface area contributed by atoms with Gasteiger partial charge in [0.2, 0.25) is 17.8 Å². The van der Waals surface area contributed by atoms with Gasteiger partial charge in [0.25, 0.3) is 0 Å². The molecule has 2 amide bonds. The van der Waals surface area contributed by atoms with Crippen molar-refractivity contribution in [2.45, 2.75) is 26.7 Å². The van der Waals surface area contributed by atoms with E-state index >= 15 is 0 Å². The van der Waals surface area contributed by atoms with E-state index in [4.69, 9.17) is 0 Å². The Morgan fingerprint density at radius 1 is 1.00 bits per heavy atom. The molecule has 5 nitrogen and oxygen atoms in total. The average molecular weight is 259 g/mol. The SMILES string of the molecule is CCC1(CC)C(=O)NC(=Nc2ccccc2)NC1=O. The van der Waals surface area contributed by atoms with Gasteiger partial charge in [0.05, 0.1) is 5.69 Å². The Morgan fingerprint density at radius 2 is 1.53 bits per heavy atom. The molecular formula is C14H17N3O2. The fraction of sp³-hybridized carbons (Fsp3) is 0.357. The maximum atomic E-state index is 12.1. The number of para-hydroxylation sites is 1. The molecule has 1 aromatic rings. The van der Waals surface area contributed by atoms with E-state index in [2.05, 4.69) is 15.6 Å². The highest BCUT2D eigenvalue weighted by Gasteiger charge is 2.46. The molecule has 0 bridgehead atoms. The van der Waals surface area contributed by atoms with E-state index in [1.807, 2.05) is 32.0 Å². The molecule has 0 aliphatic carbocycles. The van der Waals surface area contributed by atoms with E-state index in [1.165, 1.54) is 0 Å². The Balaban J connectivity index is 2.25. The second-order valence-corrected chi connectivity index (χ2v) is 4.49. The van der Waals surface area contributed by atoms with Crippen LogP contribution in [0.5, 0.6) is 0 Å². The quantitative estimate of drug-likeness (QED) is 0.811. The molecule has 0 atom stereocenters. The van der Waals surface area contributed by atoms with Crippen molar-refractivity contribution in [1.29, 1.82) is 0 Å². The maximum absolute atomic E-state index is 12.1. The number of hydrogen-bond acceptors (Lipinski definition) is 3. The third-order valence-electron chi connectivity index (χ3n) is 3.54. The van der Waals surface area contributed by atoms with Crippen molar-refractivity contribution in [1.82, 2.24) is 10.6 Å². The van der Waals surface area contributed by atoms with Gasteiger partial charge >= 0.3 is 0 Å². The summed E-state index contributed by atoms with van der Waals surface area (Å²) >= 11 is 0. The number of carbonyl (C=O) groups excluding carboxylic acids is 2. The predicted molar refractivity (Wildman–Crippen MR) is 72.8 cm³/mol. The number of nitrogens with one attached hydrogen (secondary N) is 2. The Bertz CT molecular complexity index is 497. The van der Waals surface area contributed by atoms with E-state index in [1.54, 1.807) is 12.1 Å². The van der Waals surface area contributed by atoms with Crippen molar-refractivity contribution in [3.8, 4) is 0 Å². The van der Waals surface area contributed by atoms with Crippen LogP contribution in [-0.4, -0.2) is 17.8 Å². The molecule has 19 heavy (non-hydrogen) atoms. The molecule has 0 spiro atoms. The molecule has 1 aliphatic rings. The second kappa shape index (κ2) is 5.22. The highest BCUT2D eigenvalue weighted by molar-refractivity contribution is 6.20. The fourth-order valence-corrected chi connectivity index (χ4v) is 2.17. The highest BCUT2D eigenvalue weighted by atomic mass is 16.2. The van der Waals surface area contributed by atoms with Crippen molar-refractivity contribution < 1.29 is 9.59 Å². The molecular weight excluding hydrogens is 242 g/mol.